The van der Waals surface area contributed by atoms with Gasteiger partial charge in [0, 0.05) is 12.7 Å². The predicted molar refractivity (Wildman–Crippen MR) is 67.4 cm³/mol. The molecule has 2 N–H and O–H groups in total. The first-order valence-electron chi connectivity index (χ1n) is 5.80. The van der Waals surface area contributed by atoms with Gasteiger partial charge in [0.15, 0.2) is 0 Å². The molecule has 1 aliphatic heterocycles. The third-order valence-electron chi connectivity index (χ3n) is 3.03. The lowest BCUT2D eigenvalue weighted by Gasteiger charge is -2.34. The van der Waals surface area contributed by atoms with E-state index in [0.29, 0.717) is 18.4 Å². The lowest BCUT2D eigenvalue weighted by Crippen LogP contribution is -2.50. The number of rotatable bonds is 4. The molecule has 1 fully saturated rings. The molecule has 17 heavy (non-hydrogen) atoms. The maximum atomic E-state index is 11.6. The molecule has 5 nitrogen and oxygen atoms in total. The van der Waals surface area contributed by atoms with Crippen molar-refractivity contribution in [3.8, 4) is 0 Å². The lowest BCUT2D eigenvalue weighted by atomic mass is 10.2. The van der Waals surface area contributed by atoms with Crippen LogP contribution in [0.25, 0.3) is 0 Å². The van der Waals surface area contributed by atoms with Gasteiger partial charge >= 0.3 is 0 Å². The van der Waals surface area contributed by atoms with Gasteiger partial charge in [-0.15, -0.1) is 12.6 Å². The van der Waals surface area contributed by atoms with Crippen LogP contribution < -0.4 is 10.2 Å². The van der Waals surface area contributed by atoms with Crippen molar-refractivity contribution in [1.29, 1.82) is 0 Å². The van der Waals surface area contributed by atoms with E-state index in [9.17, 15) is 4.79 Å². The van der Waals surface area contributed by atoms with Crippen LogP contribution in [0.15, 0.2) is 12.3 Å². The van der Waals surface area contributed by atoms with Crippen LogP contribution in [0, 0.1) is 0 Å². The van der Waals surface area contributed by atoms with Crippen molar-refractivity contribution in [2.24, 2.45) is 0 Å². The molecule has 0 radical (unpaired) electrons. The van der Waals surface area contributed by atoms with Gasteiger partial charge in [-0.05, 0) is 18.9 Å². The SMILES string of the molecule is O=C1NC(S)N(CCOC2CC2)c2cc[nH]c21. The third-order valence-corrected chi connectivity index (χ3v) is 3.43. The summed E-state index contributed by atoms with van der Waals surface area (Å²) in [7, 11) is 0. The third kappa shape index (κ3) is 2.14. The Hall–Kier alpha value is -1.14. The van der Waals surface area contributed by atoms with E-state index in [1.165, 1.54) is 12.8 Å². The topological polar surface area (TPSA) is 57.4 Å². The molecule has 2 heterocycles. The van der Waals surface area contributed by atoms with Crippen molar-refractivity contribution in [1.82, 2.24) is 10.3 Å². The van der Waals surface area contributed by atoms with E-state index in [0.717, 1.165) is 12.2 Å². The molecule has 1 unspecified atom stereocenters. The van der Waals surface area contributed by atoms with Crippen LogP contribution in [0.5, 0.6) is 0 Å². The van der Waals surface area contributed by atoms with Crippen molar-refractivity contribution in [3.63, 3.8) is 0 Å². The summed E-state index contributed by atoms with van der Waals surface area (Å²) in [4.78, 5) is 16.6. The highest BCUT2D eigenvalue weighted by Gasteiger charge is 2.30. The molecule has 2 aliphatic rings. The van der Waals surface area contributed by atoms with Gasteiger partial charge < -0.3 is 19.9 Å². The Bertz CT molecular complexity index is 430. The molecule has 1 saturated carbocycles. The van der Waals surface area contributed by atoms with Gasteiger partial charge in [0.2, 0.25) is 0 Å². The number of H-pyrrole nitrogens is 1. The second kappa shape index (κ2) is 4.27. The number of nitrogens with one attached hydrogen (secondary N) is 2. The summed E-state index contributed by atoms with van der Waals surface area (Å²) in [5.41, 5.74) is 1.21. The summed E-state index contributed by atoms with van der Waals surface area (Å²) in [5.74, 6) is -0.107. The van der Waals surface area contributed by atoms with Crippen molar-refractivity contribution in [2.75, 3.05) is 18.1 Å². The average molecular weight is 253 g/mol. The Morgan fingerprint density at radius 2 is 2.35 bits per heavy atom. The smallest absolute Gasteiger partial charge is 0.272 e. The number of nitrogens with zero attached hydrogens (tertiary/aromatic N) is 1. The van der Waals surface area contributed by atoms with Crippen molar-refractivity contribution >= 4 is 24.2 Å². The van der Waals surface area contributed by atoms with Crippen LogP contribution in [0.1, 0.15) is 23.3 Å². The number of anilines is 1. The standard InChI is InChI=1S/C11H15N3O2S/c15-10-9-8(3-4-12-9)14(11(17)13-10)5-6-16-7-1-2-7/h3-4,7,11-12,17H,1-2,5-6H2,(H,13,15). The summed E-state index contributed by atoms with van der Waals surface area (Å²) in [5, 5.41) is 2.79. The molecule has 1 amide bonds. The zero-order valence-electron chi connectivity index (χ0n) is 9.35. The van der Waals surface area contributed by atoms with E-state index in [1.54, 1.807) is 6.20 Å². The molecule has 1 aromatic rings. The first-order valence-corrected chi connectivity index (χ1v) is 6.32. The summed E-state index contributed by atoms with van der Waals surface area (Å²) < 4.78 is 5.62. The van der Waals surface area contributed by atoms with Crippen LogP contribution in [0.2, 0.25) is 0 Å². The Kier molecular flexibility index (Phi) is 2.76. The molecule has 92 valence electrons. The summed E-state index contributed by atoms with van der Waals surface area (Å²) >= 11 is 4.38. The van der Waals surface area contributed by atoms with Gasteiger partial charge in [-0.25, -0.2) is 0 Å². The van der Waals surface area contributed by atoms with Gasteiger partial charge in [-0.1, -0.05) is 0 Å². The molecule has 0 saturated heterocycles. The highest BCUT2D eigenvalue weighted by Crippen LogP contribution is 2.27. The Balaban J connectivity index is 1.69. The highest BCUT2D eigenvalue weighted by atomic mass is 32.1. The van der Waals surface area contributed by atoms with Gasteiger partial charge in [0.05, 0.1) is 18.4 Å². The Labute approximate surface area is 105 Å². The molecule has 0 spiro atoms. The van der Waals surface area contributed by atoms with Gasteiger partial charge in [-0.2, -0.15) is 0 Å². The van der Waals surface area contributed by atoms with E-state index in [1.807, 2.05) is 11.0 Å². The maximum Gasteiger partial charge on any atom is 0.272 e. The van der Waals surface area contributed by atoms with E-state index in [2.05, 4.69) is 22.9 Å². The fourth-order valence-corrected chi connectivity index (χ4v) is 2.33. The summed E-state index contributed by atoms with van der Waals surface area (Å²) in [6.07, 6.45) is 4.58. The van der Waals surface area contributed by atoms with E-state index in [4.69, 9.17) is 4.74 Å². The number of aromatic amines is 1. The normalized spacial score (nSPS) is 23.5. The number of thiol groups is 1. The van der Waals surface area contributed by atoms with Gasteiger partial charge in [0.25, 0.3) is 5.91 Å². The van der Waals surface area contributed by atoms with Crippen molar-refractivity contribution in [3.05, 3.63) is 18.0 Å². The number of ether oxygens (including phenoxy) is 1. The summed E-state index contributed by atoms with van der Waals surface area (Å²) in [6.45, 7) is 1.40. The van der Waals surface area contributed by atoms with Gasteiger partial charge in [0.1, 0.15) is 11.2 Å². The number of hydrogen-bond donors (Lipinski definition) is 3. The number of amides is 1. The predicted octanol–water partition coefficient (Wildman–Crippen LogP) is 0.957. The van der Waals surface area contributed by atoms with Crippen LogP contribution in [-0.2, 0) is 4.74 Å². The van der Waals surface area contributed by atoms with Crippen molar-refractivity contribution < 1.29 is 9.53 Å². The zero-order chi connectivity index (χ0) is 11.8. The minimum Gasteiger partial charge on any atom is -0.376 e. The highest BCUT2D eigenvalue weighted by molar-refractivity contribution is 7.81. The molecule has 0 aromatic carbocycles. The molecular formula is C11H15N3O2S. The number of carbonyl (C=O) groups is 1. The number of hydrogen-bond acceptors (Lipinski definition) is 4. The largest absolute Gasteiger partial charge is 0.376 e. The fraction of sp³-hybridized carbons (Fsp3) is 0.545. The second-order valence-electron chi connectivity index (χ2n) is 4.35. The molecule has 1 atom stereocenters. The van der Waals surface area contributed by atoms with Crippen molar-refractivity contribution in [2.45, 2.75) is 24.4 Å². The minimum atomic E-state index is -0.284. The lowest BCUT2D eigenvalue weighted by molar-refractivity contribution is 0.0930. The monoisotopic (exact) mass is 253 g/mol. The van der Waals surface area contributed by atoms with Crippen LogP contribution in [-0.4, -0.2) is 35.6 Å². The van der Waals surface area contributed by atoms with Crippen LogP contribution in [0.4, 0.5) is 5.69 Å². The zero-order valence-corrected chi connectivity index (χ0v) is 10.2. The fourth-order valence-electron chi connectivity index (χ4n) is 1.98. The molecular weight excluding hydrogens is 238 g/mol. The first kappa shape index (κ1) is 11.0. The summed E-state index contributed by atoms with van der Waals surface area (Å²) in [6, 6.07) is 1.90. The molecule has 1 aromatic heterocycles. The molecule has 6 heteroatoms. The number of carbonyl (C=O) groups excluding carboxylic acids is 1. The second-order valence-corrected chi connectivity index (χ2v) is 4.84. The number of aromatic nitrogens is 1. The molecule has 0 bridgehead atoms. The quantitative estimate of drug-likeness (QED) is 0.700. The van der Waals surface area contributed by atoms with Crippen LogP contribution in [0.3, 0.4) is 0 Å². The van der Waals surface area contributed by atoms with E-state index < -0.39 is 0 Å². The average Bonchev–Trinajstić information content (AvgIpc) is 2.98. The molecule has 1 aliphatic carbocycles. The van der Waals surface area contributed by atoms with Crippen LogP contribution >= 0.6 is 12.6 Å². The maximum absolute atomic E-state index is 11.6. The minimum absolute atomic E-state index is 0.107. The van der Waals surface area contributed by atoms with Gasteiger partial charge in [-0.3, -0.25) is 4.79 Å². The number of fused-ring (bicyclic) bond motifs is 1. The van der Waals surface area contributed by atoms with E-state index in [-0.39, 0.29) is 11.4 Å². The molecule has 3 rings (SSSR count). The van der Waals surface area contributed by atoms with E-state index >= 15 is 0 Å². The Morgan fingerprint density at radius 1 is 1.53 bits per heavy atom. The Morgan fingerprint density at radius 3 is 3.12 bits per heavy atom. The first-order chi connectivity index (χ1) is 8.25.